The van der Waals surface area contributed by atoms with Crippen LogP contribution in [0.25, 0.3) is 0 Å². The first-order chi connectivity index (χ1) is 9.78. The fraction of sp³-hybridized carbons (Fsp3) is 0.286. The highest BCUT2D eigenvalue weighted by Crippen LogP contribution is 2.39. The SMILES string of the molecule is CCNc1nc(C2CSc3ccccc3O2)ncc1Br. The van der Waals surface area contributed by atoms with Crippen molar-refractivity contribution in [2.45, 2.75) is 17.9 Å². The van der Waals surface area contributed by atoms with Crippen molar-refractivity contribution in [3.63, 3.8) is 0 Å². The quantitative estimate of drug-likeness (QED) is 0.908. The summed E-state index contributed by atoms with van der Waals surface area (Å²) in [6.45, 7) is 2.86. The van der Waals surface area contributed by atoms with E-state index in [0.717, 1.165) is 28.3 Å². The van der Waals surface area contributed by atoms with Crippen LogP contribution in [-0.2, 0) is 0 Å². The maximum absolute atomic E-state index is 6.00. The number of aromatic nitrogens is 2. The number of hydrogen-bond donors (Lipinski definition) is 1. The summed E-state index contributed by atoms with van der Waals surface area (Å²) < 4.78 is 6.87. The molecule has 0 fully saturated rings. The topological polar surface area (TPSA) is 47.0 Å². The van der Waals surface area contributed by atoms with Gasteiger partial charge in [-0.25, -0.2) is 9.97 Å². The summed E-state index contributed by atoms with van der Waals surface area (Å²) >= 11 is 5.23. The molecule has 20 heavy (non-hydrogen) atoms. The van der Waals surface area contributed by atoms with Crippen molar-refractivity contribution in [1.82, 2.24) is 9.97 Å². The Bertz CT molecular complexity index is 623. The second kappa shape index (κ2) is 6.01. The van der Waals surface area contributed by atoms with Crippen LogP contribution >= 0.6 is 27.7 Å². The zero-order chi connectivity index (χ0) is 13.9. The molecule has 1 atom stereocenters. The molecular weight excluding hydrogens is 338 g/mol. The number of ether oxygens (including phenoxy) is 1. The van der Waals surface area contributed by atoms with Crippen LogP contribution in [0.4, 0.5) is 5.82 Å². The summed E-state index contributed by atoms with van der Waals surface area (Å²) in [5.74, 6) is 3.26. The first-order valence-corrected chi connectivity index (χ1v) is 8.20. The number of hydrogen-bond acceptors (Lipinski definition) is 5. The van der Waals surface area contributed by atoms with Crippen LogP contribution in [0.2, 0.25) is 0 Å². The van der Waals surface area contributed by atoms with Gasteiger partial charge in [0.05, 0.1) is 4.47 Å². The molecule has 2 aromatic rings. The van der Waals surface area contributed by atoms with Crippen molar-refractivity contribution in [3.05, 3.63) is 40.8 Å². The smallest absolute Gasteiger partial charge is 0.172 e. The predicted octanol–water partition coefficient (Wildman–Crippen LogP) is 3.90. The molecule has 0 saturated heterocycles. The van der Waals surface area contributed by atoms with Crippen molar-refractivity contribution in [1.29, 1.82) is 0 Å². The zero-order valence-electron chi connectivity index (χ0n) is 11.0. The molecule has 0 spiro atoms. The second-order valence-electron chi connectivity index (χ2n) is 4.32. The molecular formula is C14H14BrN3OS. The molecule has 3 rings (SSSR count). The van der Waals surface area contributed by atoms with E-state index in [2.05, 4.69) is 37.3 Å². The van der Waals surface area contributed by atoms with E-state index in [0.29, 0.717) is 5.82 Å². The first-order valence-electron chi connectivity index (χ1n) is 6.42. The van der Waals surface area contributed by atoms with Gasteiger partial charge in [-0.15, -0.1) is 11.8 Å². The molecule has 0 saturated carbocycles. The summed E-state index contributed by atoms with van der Waals surface area (Å²) in [7, 11) is 0. The lowest BCUT2D eigenvalue weighted by Crippen LogP contribution is -2.18. The maximum Gasteiger partial charge on any atom is 0.172 e. The normalized spacial score (nSPS) is 17.2. The van der Waals surface area contributed by atoms with Gasteiger partial charge in [-0.2, -0.15) is 0 Å². The lowest BCUT2D eigenvalue weighted by atomic mass is 10.3. The molecule has 0 aliphatic carbocycles. The van der Waals surface area contributed by atoms with Crippen LogP contribution in [0.15, 0.2) is 39.8 Å². The molecule has 0 amide bonds. The van der Waals surface area contributed by atoms with E-state index in [1.165, 1.54) is 4.90 Å². The van der Waals surface area contributed by atoms with E-state index in [1.54, 1.807) is 18.0 Å². The van der Waals surface area contributed by atoms with Gasteiger partial charge in [-0.05, 0) is 35.0 Å². The van der Waals surface area contributed by atoms with Crippen LogP contribution in [-0.4, -0.2) is 22.3 Å². The third-order valence-electron chi connectivity index (χ3n) is 2.90. The Balaban J connectivity index is 1.86. The third-order valence-corrected chi connectivity index (χ3v) is 4.60. The van der Waals surface area contributed by atoms with Crippen LogP contribution < -0.4 is 10.1 Å². The van der Waals surface area contributed by atoms with Crippen molar-refractivity contribution < 1.29 is 4.74 Å². The molecule has 1 aliphatic rings. The molecule has 1 unspecified atom stereocenters. The number of anilines is 1. The van der Waals surface area contributed by atoms with Gasteiger partial charge in [-0.3, -0.25) is 0 Å². The summed E-state index contributed by atoms with van der Waals surface area (Å²) in [5, 5.41) is 3.21. The number of benzene rings is 1. The standard InChI is InChI=1S/C14H14BrN3OS/c1-2-16-13-9(15)7-17-14(18-13)11-8-20-12-6-4-3-5-10(12)19-11/h3-7,11H,2,8H2,1H3,(H,16,17,18). The molecule has 0 radical (unpaired) electrons. The van der Waals surface area contributed by atoms with Crippen LogP contribution in [0.1, 0.15) is 18.9 Å². The van der Waals surface area contributed by atoms with Crippen molar-refractivity contribution >= 4 is 33.5 Å². The third kappa shape index (κ3) is 2.76. The Morgan fingerprint density at radius 1 is 1.45 bits per heavy atom. The van der Waals surface area contributed by atoms with Gasteiger partial charge < -0.3 is 10.1 Å². The summed E-state index contributed by atoms with van der Waals surface area (Å²) in [6, 6.07) is 8.06. The summed E-state index contributed by atoms with van der Waals surface area (Å²) in [4.78, 5) is 10.1. The van der Waals surface area contributed by atoms with E-state index in [9.17, 15) is 0 Å². The Morgan fingerprint density at radius 3 is 3.15 bits per heavy atom. The first kappa shape index (κ1) is 13.7. The Morgan fingerprint density at radius 2 is 2.30 bits per heavy atom. The lowest BCUT2D eigenvalue weighted by Gasteiger charge is -2.24. The molecule has 2 heterocycles. The maximum atomic E-state index is 6.00. The van der Waals surface area contributed by atoms with Crippen LogP contribution in [0.3, 0.4) is 0 Å². The van der Waals surface area contributed by atoms with Crippen molar-refractivity contribution in [3.8, 4) is 5.75 Å². The van der Waals surface area contributed by atoms with Crippen molar-refractivity contribution in [2.75, 3.05) is 17.6 Å². The largest absolute Gasteiger partial charge is 0.480 e. The van der Waals surface area contributed by atoms with Crippen molar-refractivity contribution in [2.24, 2.45) is 0 Å². The Labute approximate surface area is 130 Å². The average Bonchev–Trinajstić information content (AvgIpc) is 2.49. The van der Waals surface area contributed by atoms with Gasteiger partial charge in [0.15, 0.2) is 11.9 Å². The van der Waals surface area contributed by atoms with Gasteiger partial charge in [0.25, 0.3) is 0 Å². The number of rotatable bonds is 3. The van der Waals surface area contributed by atoms with E-state index in [1.807, 2.05) is 25.1 Å². The van der Waals surface area contributed by atoms with Crippen LogP contribution in [0.5, 0.6) is 5.75 Å². The van der Waals surface area contributed by atoms with Gasteiger partial charge in [0.1, 0.15) is 11.6 Å². The summed E-state index contributed by atoms with van der Waals surface area (Å²) in [6.07, 6.45) is 1.66. The van der Waals surface area contributed by atoms with Gasteiger partial charge in [-0.1, -0.05) is 12.1 Å². The number of fused-ring (bicyclic) bond motifs is 1. The van der Waals surface area contributed by atoms with E-state index in [4.69, 9.17) is 4.74 Å². The lowest BCUT2D eigenvalue weighted by molar-refractivity contribution is 0.210. The fourth-order valence-electron chi connectivity index (χ4n) is 1.97. The highest BCUT2D eigenvalue weighted by atomic mass is 79.9. The molecule has 6 heteroatoms. The Hall–Kier alpha value is -1.27. The molecule has 1 aromatic carbocycles. The van der Waals surface area contributed by atoms with Crippen LogP contribution in [0, 0.1) is 0 Å². The van der Waals surface area contributed by atoms with E-state index >= 15 is 0 Å². The molecule has 4 nitrogen and oxygen atoms in total. The zero-order valence-corrected chi connectivity index (χ0v) is 13.4. The molecule has 104 valence electrons. The van der Waals surface area contributed by atoms with Gasteiger partial charge >= 0.3 is 0 Å². The highest BCUT2D eigenvalue weighted by Gasteiger charge is 2.24. The highest BCUT2D eigenvalue weighted by molar-refractivity contribution is 9.10. The molecule has 0 bridgehead atoms. The fourth-order valence-corrected chi connectivity index (χ4v) is 3.29. The molecule has 1 aromatic heterocycles. The molecule has 1 N–H and O–H groups in total. The Kier molecular flexibility index (Phi) is 4.12. The van der Waals surface area contributed by atoms with E-state index in [-0.39, 0.29) is 6.10 Å². The monoisotopic (exact) mass is 351 g/mol. The summed E-state index contributed by atoms with van der Waals surface area (Å²) in [5.41, 5.74) is 0. The van der Waals surface area contributed by atoms with Gasteiger partial charge in [0, 0.05) is 23.4 Å². The minimum absolute atomic E-state index is 0.111. The minimum Gasteiger partial charge on any atom is -0.480 e. The predicted molar refractivity (Wildman–Crippen MR) is 84.4 cm³/mol. The average molecular weight is 352 g/mol. The number of halogens is 1. The minimum atomic E-state index is -0.111. The number of thioether (sulfide) groups is 1. The molecule has 1 aliphatic heterocycles. The van der Waals surface area contributed by atoms with Gasteiger partial charge in [0.2, 0.25) is 0 Å². The number of para-hydroxylation sites is 1. The number of nitrogens with zero attached hydrogens (tertiary/aromatic N) is 2. The van der Waals surface area contributed by atoms with E-state index < -0.39 is 0 Å². The second-order valence-corrected chi connectivity index (χ2v) is 6.24. The number of nitrogens with one attached hydrogen (secondary N) is 1.